The third-order valence-corrected chi connectivity index (χ3v) is 4.21. The molecule has 0 aliphatic rings. The van der Waals surface area contributed by atoms with Crippen molar-refractivity contribution >= 4 is 35.8 Å². The summed E-state index contributed by atoms with van der Waals surface area (Å²) >= 11 is 0. The van der Waals surface area contributed by atoms with Crippen LogP contribution in [0.1, 0.15) is 18.9 Å². The van der Waals surface area contributed by atoms with Gasteiger partial charge in [-0.15, -0.1) is 24.0 Å². The largest absolute Gasteiger partial charge is 0.494 e. The van der Waals surface area contributed by atoms with Crippen molar-refractivity contribution in [3.05, 3.63) is 66.2 Å². The van der Waals surface area contributed by atoms with Gasteiger partial charge in [0.25, 0.3) is 0 Å². The maximum atomic E-state index is 12.5. The normalized spacial score (nSPS) is 10.6. The first-order chi connectivity index (χ1) is 13.7. The van der Waals surface area contributed by atoms with Crippen molar-refractivity contribution in [1.29, 1.82) is 0 Å². The van der Waals surface area contributed by atoms with Crippen molar-refractivity contribution in [2.75, 3.05) is 33.3 Å². The lowest BCUT2D eigenvalue weighted by Crippen LogP contribution is -2.44. The molecule has 0 radical (unpaired) electrons. The number of rotatable bonds is 10. The van der Waals surface area contributed by atoms with E-state index in [1.807, 2.05) is 72.5 Å². The lowest BCUT2D eigenvalue weighted by atomic mass is 10.2. The number of ether oxygens (including phenoxy) is 1. The predicted octanol–water partition coefficient (Wildman–Crippen LogP) is 3.29. The van der Waals surface area contributed by atoms with Gasteiger partial charge in [-0.2, -0.15) is 0 Å². The molecule has 29 heavy (non-hydrogen) atoms. The monoisotopic (exact) mass is 510 g/mol. The van der Waals surface area contributed by atoms with Crippen LogP contribution < -0.4 is 15.4 Å². The molecule has 0 aliphatic heterocycles. The first-order valence-electron chi connectivity index (χ1n) is 9.67. The van der Waals surface area contributed by atoms with Crippen molar-refractivity contribution in [2.24, 2.45) is 4.99 Å². The number of amides is 1. The Morgan fingerprint density at radius 1 is 1.03 bits per heavy atom. The van der Waals surface area contributed by atoms with E-state index in [1.54, 1.807) is 7.05 Å². The molecule has 158 valence electrons. The fourth-order valence-electron chi connectivity index (χ4n) is 2.66. The summed E-state index contributed by atoms with van der Waals surface area (Å²) in [5.74, 6) is 1.53. The third kappa shape index (κ3) is 9.65. The zero-order valence-electron chi connectivity index (χ0n) is 17.1. The van der Waals surface area contributed by atoms with Gasteiger partial charge in [0.05, 0.1) is 13.2 Å². The smallest absolute Gasteiger partial charge is 0.242 e. The molecule has 0 spiro atoms. The summed E-state index contributed by atoms with van der Waals surface area (Å²) in [5, 5.41) is 6.29. The number of nitrogens with one attached hydrogen (secondary N) is 2. The number of guanidine groups is 1. The molecule has 0 bridgehead atoms. The molecular weight excluding hydrogens is 479 g/mol. The van der Waals surface area contributed by atoms with Crippen molar-refractivity contribution in [3.8, 4) is 5.75 Å². The number of nitrogens with zero attached hydrogens (tertiary/aromatic N) is 2. The molecule has 0 aromatic heterocycles. The quantitative estimate of drug-likeness (QED) is 0.223. The summed E-state index contributed by atoms with van der Waals surface area (Å²) in [7, 11) is 1.70. The van der Waals surface area contributed by atoms with Gasteiger partial charge in [-0.25, -0.2) is 0 Å². The van der Waals surface area contributed by atoms with Gasteiger partial charge in [0.15, 0.2) is 5.96 Å². The first-order valence-corrected chi connectivity index (χ1v) is 9.67. The zero-order chi connectivity index (χ0) is 20.0. The highest BCUT2D eigenvalue weighted by Gasteiger charge is 2.12. The molecule has 7 heteroatoms. The second-order valence-corrected chi connectivity index (χ2v) is 6.26. The number of hydrogen-bond acceptors (Lipinski definition) is 3. The molecule has 1 amide bonds. The minimum Gasteiger partial charge on any atom is -0.494 e. The van der Waals surface area contributed by atoms with Crippen LogP contribution in [-0.2, 0) is 11.3 Å². The molecule has 0 saturated heterocycles. The number of halogens is 1. The zero-order valence-corrected chi connectivity index (χ0v) is 19.5. The van der Waals surface area contributed by atoms with Crippen LogP contribution in [0.2, 0.25) is 0 Å². The summed E-state index contributed by atoms with van der Waals surface area (Å²) in [6.07, 6.45) is 0.832. The van der Waals surface area contributed by atoms with Gasteiger partial charge in [-0.3, -0.25) is 9.79 Å². The molecular formula is C22H31IN4O2. The van der Waals surface area contributed by atoms with Gasteiger partial charge in [0.2, 0.25) is 5.91 Å². The Balaban J connectivity index is 0.00000420. The number of likely N-dealkylation sites (N-methyl/N-ethyl adjacent to an activating group) is 1. The molecule has 2 aromatic rings. The van der Waals surface area contributed by atoms with Gasteiger partial charge in [0.1, 0.15) is 5.75 Å². The Morgan fingerprint density at radius 2 is 1.69 bits per heavy atom. The van der Waals surface area contributed by atoms with Crippen LogP contribution in [0, 0.1) is 0 Å². The predicted molar refractivity (Wildman–Crippen MR) is 129 cm³/mol. The van der Waals surface area contributed by atoms with E-state index in [0.717, 1.165) is 17.7 Å². The number of hydrogen-bond donors (Lipinski definition) is 2. The highest BCUT2D eigenvalue weighted by Crippen LogP contribution is 2.08. The van der Waals surface area contributed by atoms with E-state index in [1.165, 1.54) is 0 Å². The fourth-order valence-corrected chi connectivity index (χ4v) is 2.66. The van der Waals surface area contributed by atoms with E-state index < -0.39 is 0 Å². The minimum atomic E-state index is 0. The Morgan fingerprint density at radius 3 is 2.31 bits per heavy atom. The van der Waals surface area contributed by atoms with Crippen molar-refractivity contribution in [1.82, 2.24) is 15.5 Å². The molecule has 2 N–H and O–H groups in total. The summed E-state index contributed by atoms with van der Waals surface area (Å²) in [5.41, 5.74) is 1.12. The summed E-state index contributed by atoms with van der Waals surface area (Å²) in [4.78, 5) is 18.5. The molecule has 0 aliphatic carbocycles. The number of aliphatic imine (C=N–C) groups is 1. The standard InChI is InChI=1S/C22H30N4O2.HI/c1-3-26(18-19-11-6-4-7-12-19)21(27)17-25-22(23-2)24-15-10-16-28-20-13-8-5-9-14-20;/h4-9,11-14H,3,10,15-18H2,1-2H3,(H2,23,24,25);1H. The molecule has 6 nitrogen and oxygen atoms in total. The maximum Gasteiger partial charge on any atom is 0.242 e. The minimum absolute atomic E-state index is 0. The number of carbonyl (C=O) groups is 1. The van der Waals surface area contributed by atoms with E-state index in [-0.39, 0.29) is 36.4 Å². The lowest BCUT2D eigenvalue weighted by molar-refractivity contribution is -0.130. The van der Waals surface area contributed by atoms with Crippen molar-refractivity contribution < 1.29 is 9.53 Å². The molecule has 2 rings (SSSR count). The Bertz CT molecular complexity index is 726. The second-order valence-electron chi connectivity index (χ2n) is 6.26. The van der Waals surface area contributed by atoms with Crippen molar-refractivity contribution in [2.45, 2.75) is 19.9 Å². The summed E-state index contributed by atoms with van der Waals surface area (Å²) in [6.45, 7) is 4.80. The molecule has 0 fully saturated rings. The molecule has 0 atom stereocenters. The van der Waals surface area contributed by atoms with E-state index in [4.69, 9.17) is 4.74 Å². The van der Waals surface area contributed by atoms with E-state index in [9.17, 15) is 4.79 Å². The molecule has 0 saturated carbocycles. The van der Waals surface area contributed by atoms with Crippen LogP contribution in [0.25, 0.3) is 0 Å². The van der Waals surface area contributed by atoms with Crippen molar-refractivity contribution in [3.63, 3.8) is 0 Å². The SMILES string of the molecule is CCN(Cc1ccccc1)C(=O)CNC(=NC)NCCCOc1ccccc1.I. The summed E-state index contributed by atoms with van der Waals surface area (Å²) < 4.78 is 5.66. The molecule has 2 aromatic carbocycles. The Hall–Kier alpha value is -2.29. The topological polar surface area (TPSA) is 66.0 Å². The first kappa shape index (κ1) is 24.7. The van der Waals surface area contributed by atoms with E-state index >= 15 is 0 Å². The number of carbonyl (C=O) groups excluding carboxylic acids is 1. The lowest BCUT2D eigenvalue weighted by Gasteiger charge is -2.22. The van der Waals surface area contributed by atoms with Crippen LogP contribution >= 0.6 is 24.0 Å². The van der Waals surface area contributed by atoms with E-state index in [0.29, 0.717) is 32.2 Å². The number of benzene rings is 2. The highest BCUT2D eigenvalue weighted by atomic mass is 127. The van der Waals surface area contributed by atoms with Gasteiger partial charge in [-0.1, -0.05) is 48.5 Å². The van der Waals surface area contributed by atoms with Gasteiger partial charge < -0.3 is 20.3 Å². The fraction of sp³-hybridized carbons (Fsp3) is 0.364. The number of para-hydroxylation sites is 1. The van der Waals surface area contributed by atoms with Gasteiger partial charge in [0, 0.05) is 26.7 Å². The Kier molecular flexibility index (Phi) is 12.5. The van der Waals surface area contributed by atoms with Crippen LogP contribution in [0.3, 0.4) is 0 Å². The second kappa shape index (κ2) is 14.7. The molecule has 0 heterocycles. The highest BCUT2D eigenvalue weighted by molar-refractivity contribution is 14.0. The Labute approximate surface area is 190 Å². The van der Waals surface area contributed by atoms with Crippen LogP contribution in [0.15, 0.2) is 65.7 Å². The van der Waals surface area contributed by atoms with Crippen LogP contribution in [0.5, 0.6) is 5.75 Å². The maximum absolute atomic E-state index is 12.5. The van der Waals surface area contributed by atoms with Crippen LogP contribution in [0.4, 0.5) is 0 Å². The third-order valence-electron chi connectivity index (χ3n) is 4.21. The van der Waals surface area contributed by atoms with Gasteiger partial charge in [-0.05, 0) is 31.0 Å². The molecule has 0 unspecified atom stereocenters. The average molecular weight is 510 g/mol. The van der Waals surface area contributed by atoms with Gasteiger partial charge >= 0.3 is 0 Å². The average Bonchev–Trinajstić information content (AvgIpc) is 2.75. The van der Waals surface area contributed by atoms with Crippen LogP contribution in [-0.4, -0.2) is 50.1 Å². The van der Waals surface area contributed by atoms with E-state index in [2.05, 4.69) is 15.6 Å². The summed E-state index contributed by atoms with van der Waals surface area (Å²) in [6, 6.07) is 19.8.